The normalized spacial score (nSPS) is 11.3. The number of nitrogens with one attached hydrogen (secondary N) is 1. The van der Waals surface area contributed by atoms with Gasteiger partial charge in [-0.2, -0.15) is 13.2 Å². The Labute approximate surface area is 110 Å². The van der Waals surface area contributed by atoms with Crippen molar-refractivity contribution in [3.8, 4) is 0 Å². The van der Waals surface area contributed by atoms with E-state index in [1.54, 1.807) is 0 Å². The van der Waals surface area contributed by atoms with Gasteiger partial charge in [-0.25, -0.2) is 0 Å². The van der Waals surface area contributed by atoms with Gasteiger partial charge in [0, 0.05) is 23.9 Å². The molecule has 0 atom stereocenters. The van der Waals surface area contributed by atoms with Crippen LogP contribution in [0.4, 0.5) is 24.5 Å². The molecule has 2 rings (SSSR count). The molecule has 0 aliphatic carbocycles. The maximum Gasteiger partial charge on any atom is 0.418 e. The summed E-state index contributed by atoms with van der Waals surface area (Å²) in [6.07, 6.45) is -3.41. The zero-order valence-corrected chi connectivity index (χ0v) is 9.85. The maximum absolute atomic E-state index is 12.9. The molecule has 1 aromatic heterocycles. The molecule has 6 nitrogen and oxygen atoms in total. The highest BCUT2D eigenvalue weighted by molar-refractivity contribution is 5.57. The number of hydrogen-bond donors (Lipinski definition) is 1. The van der Waals surface area contributed by atoms with Gasteiger partial charge in [-0.05, 0) is 6.07 Å². The first kappa shape index (κ1) is 13.8. The Kier molecular flexibility index (Phi) is 3.59. The summed E-state index contributed by atoms with van der Waals surface area (Å²) >= 11 is 0. The molecule has 0 fully saturated rings. The van der Waals surface area contributed by atoms with E-state index in [1.165, 1.54) is 12.3 Å². The topological polar surface area (TPSA) is 81.2 Å². The molecule has 1 heterocycles. The standard InChI is InChI=1S/C11H8F3N3O3/c12-11(13,14)9-5-8(17(18)19)1-2-10(9)15-6-7-3-4-20-16-7/h1-5,15H,6H2. The van der Waals surface area contributed by atoms with Crippen LogP contribution in [0, 0.1) is 10.1 Å². The van der Waals surface area contributed by atoms with E-state index in [4.69, 9.17) is 0 Å². The van der Waals surface area contributed by atoms with E-state index in [2.05, 4.69) is 15.0 Å². The minimum atomic E-state index is -4.70. The van der Waals surface area contributed by atoms with Crippen LogP contribution in [0.3, 0.4) is 0 Å². The van der Waals surface area contributed by atoms with Crippen LogP contribution in [-0.2, 0) is 12.7 Å². The van der Waals surface area contributed by atoms with Crippen molar-refractivity contribution in [2.45, 2.75) is 12.7 Å². The molecule has 0 spiro atoms. The summed E-state index contributed by atoms with van der Waals surface area (Å²) < 4.78 is 43.1. The first-order valence-electron chi connectivity index (χ1n) is 5.36. The highest BCUT2D eigenvalue weighted by Gasteiger charge is 2.35. The number of nitrogens with zero attached hydrogens (tertiary/aromatic N) is 2. The van der Waals surface area contributed by atoms with Gasteiger partial charge in [-0.3, -0.25) is 10.1 Å². The van der Waals surface area contributed by atoms with Gasteiger partial charge in [0.25, 0.3) is 5.69 Å². The van der Waals surface area contributed by atoms with Crippen molar-refractivity contribution in [2.24, 2.45) is 0 Å². The summed E-state index contributed by atoms with van der Waals surface area (Å²) in [5.74, 6) is 0. The van der Waals surface area contributed by atoms with Crippen LogP contribution in [0.5, 0.6) is 0 Å². The maximum atomic E-state index is 12.9. The van der Waals surface area contributed by atoms with Gasteiger partial charge in [-0.1, -0.05) is 5.16 Å². The second kappa shape index (κ2) is 5.19. The molecule has 0 radical (unpaired) electrons. The third kappa shape index (κ3) is 3.05. The van der Waals surface area contributed by atoms with E-state index in [0.717, 1.165) is 12.1 Å². The number of nitro groups is 1. The summed E-state index contributed by atoms with van der Waals surface area (Å²) in [7, 11) is 0. The number of alkyl halides is 3. The minimum absolute atomic E-state index is 0.0113. The monoisotopic (exact) mass is 287 g/mol. The lowest BCUT2D eigenvalue weighted by atomic mass is 10.1. The van der Waals surface area contributed by atoms with Crippen molar-refractivity contribution in [1.82, 2.24) is 5.16 Å². The average Bonchev–Trinajstić information content (AvgIpc) is 2.88. The van der Waals surface area contributed by atoms with E-state index < -0.39 is 22.4 Å². The highest BCUT2D eigenvalue weighted by atomic mass is 19.4. The van der Waals surface area contributed by atoms with Crippen LogP contribution >= 0.6 is 0 Å². The van der Waals surface area contributed by atoms with Crippen LogP contribution < -0.4 is 5.32 Å². The Morgan fingerprint density at radius 3 is 2.65 bits per heavy atom. The number of aromatic nitrogens is 1. The van der Waals surface area contributed by atoms with Gasteiger partial charge >= 0.3 is 6.18 Å². The number of rotatable bonds is 4. The first-order chi connectivity index (χ1) is 9.38. The van der Waals surface area contributed by atoms with Crippen molar-refractivity contribution >= 4 is 11.4 Å². The third-order valence-corrected chi connectivity index (χ3v) is 2.47. The molecule has 20 heavy (non-hydrogen) atoms. The number of nitro benzene ring substituents is 1. The molecule has 0 unspecified atom stereocenters. The van der Waals surface area contributed by atoms with Crippen LogP contribution in [0.1, 0.15) is 11.3 Å². The van der Waals surface area contributed by atoms with E-state index in [1.807, 2.05) is 0 Å². The largest absolute Gasteiger partial charge is 0.418 e. The number of anilines is 1. The third-order valence-electron chi connectivity index (χ3n) is 2.47. The van der Waals surface area contributed by atoms with Crippen LogP contribution in [-0.4, -0.2) is 10.1 Å². The Hall–Kier alpha value is -2.58. The number of non-ortho nitro benzene ring substituents is 1. The zero-order valence-electron chi connectivity index (χ0n) is 9.85. The lowest BCUT2D eigenvalue weighted by Gasteiger charge is -2.13. The van der Waals surface area contributed by atoms with Crippen molar-refractivity contribution < 1.29 is 22.6 Å². The average molecular weight is 287 g/mol. The van der Waals surface area contributed by atoms with Crippen molar-refractivity contribution in [2.75, 3.05) is 5.32 Å². The lowest BCUT2D eigenvalue weighted by Crippen LogP contribution is -2.11. The molecule has 9 heteroatoms. The Morgan fingerprint density at radius 2 is 2.10 bits per heavy atom. The Morgan fingerprint density at radius 1 is 1.35 bits per heavy atom. The molecule has 0 amide bonds. The SMILES string of the molecule is O=[N+]([O-])c1ccc(NCc2ccon2)c(C(F)(F)F)c1. The van der Waals surface area contributed by atoms with Crippen molar-refractivity contribution in [3.63, 3.8) is 0 Å². The van der Waals surface area contributed by atoms with Gasteiger partial charge in [0.1, 0.15) is 12.0 Å². The summed E-state index contributed by atoms with van der Waals surface area (Å²) in [6.45, 7) is 0.0113. The molecule has 0 aliphatic rings. The van der Waals surface area contributed by atoms with Crippen molar-refractivity contribution in [3.05, 3.63) is 51.9 Å². The molecule has 0 bridgehead atoms. The van der Waals surface area contributed by atoms with Gasteiger partial charge in [0.15, 0.2) is 0 Å². The predicted octanol–water partition coefficient (Wildman–Crippen LogP) is 3.21. The van der Waals surface area contributed by atoms with Gasteiger partial charge < -0.3 is 9.84 Å². The molecule has 1 N–H and O–H groups in total. The second-order valence-electron chi connectivity index (χ2n) is 3.83. The predicted molar refractivity (Wildman–Crippen MR) is 61.9 cm³/mol. The fourth-order valence-electron chi connectivity index (χ4n) is 1.55. The smallest absolute Gasteiger partial charge is 0.379 e. The molecular weight excluding hydrogens is 279 g/mol. The van der Waals surface area contributed by atoms with Gasteiger partial charge in [0.2, 0.25) is 0 Å². The summed E-state index contributed by atoms with van der Waals surface area (Å²) in [6, 6.07) is 4.00. The van der Waals surface area contributed by atoms with Crippen LogP contribution in [0.25, 0.3) is 0 Å². The fourth-order valence-corrected chi connectivity index (χ4v) is 1.55. The molecule has 0 saturated heterocycles. The summed E-state index contributed by atoms with van der Waals surface area (Å²) in [4.78, 5) is 9.65. The quantitative estimate of drug-likeness (QED) is 0.689. The van der Waals surface area contributed by atoms with Crippen LogP contribution in [0.15, 0.2) is 35.1 Å². The van der Waals surface area contributed by atoms with Crippen LogP contribution in [0.2, 0.25) is 0 Å². The van der Waals surface area contributed by atoms with Crippen molar-refractivity contribution in [1.29, 1.82) is 0 Å². The Balaban J connectivity index is 2.29. The Bertz CT molecular complexity index is 611. The molecule has 1 aromatic carbocycles. The van der Waals surface area contributed by atoms with E-state index in [9.17, 15) is 23.3 Å². The molecule has 106 valence electrons. The minimum Gasteiger partial charge on any atom is -0.379 e. The second-order valence-corrected chi connectivity index (χ2v) is 3.83. The molecule has 0 aliphatic heterocycles. The molecular formula is C11H8F3N3O3. The summed E-state index contributed by atoms with van der Waals surface area (Å²) in [5.41, 5.74) is -1.57. The van der Waals surface area contributed by atoms with E-state index in [-0.39, 0.29) is 12.2 Å². The van der Waals surface area contributed by atoms with E-state index in [0.29, 0.717) is 11.8 Å². The van der Waals surface area contributed by atoms with E-state index >= 15 is 0 Å². The molecule has 0 saturated carbocycles. The first-order valence-corrected chi connectivity index (χ1v) is 5.36. The number of halogens is 3. The number of benzene rings is 1. The zero-order chi connectivity index (χ0) is 14.8. The fraction of sp³-hybridized carbons (Fsp3) is 0.182. The van der Waals surface area contributed by atoms with Gasteiger partial charge in [0.05, 0.1) is 17.0 Å². The molecule has 2 aromatic rings. The highest BCUT2D eigenvalue weighted by Crippen LogP contribution is 2.37. The lowest BCUT2D eigenvalue weighted by molar-refractivity contribution is -0.385. The number of hydrogen-bond acceptors (Lipinski definition) is 5. The summed E-state index contributed by atoms with van der Waals surface area (Å²) in [5, 5.41) is 16.6. The van der Waals surface area contributed by atoms with Gasteiger partial charge in [-0.15, -0.1) is 0 Å².